The minimum absolute atomic E-state index is 0. The van der Waals surface area contributed by atoms with Crippen molar-refractivity contribution in [1.82, 2.24) is 20.2 Å². The molecule has 6 nitrogen and oxygen atoms in total. The number of rotatable bonds is 7. The van der Waals surface area contributed by atoms with Gasteiger partial charge >= 0.3 is 0 Å². The number of benzene rings is 1. The third kappa shape index (κ3) is 6.02. The lowest BCUT2D eigenvalue weighted by atomic mass is 9.93. The van der Waals surface area contributed by atoms with Gasteiger partial charge in [0.15, 0.2) is 0 Å². The zero-order valence-corrected chi connectivity index (χ0v) is 23.1. The van der Waals surface area contributed by atoms with Crippen molar-refractivity contribution in [1.29, 1.82) is 0 Å². The number of hydrogen-bond acceptors (Lipinski definition) is 6. The predicted molar refractivity (Wildman–Crippen MR) is 149 cm³/mol. The van der Waals surface area contributed by atoms with Crippen LogP contribution in [0.3, 0.4) is 0 Å². The molecular weight excluding hydrogens is 557 g/mol. The maximum absolute atomic E-state index is 12.2. The summed E-state index contributed by atoms with van der Waals surface area (Å²) in [6, 6.07) is 8.76. The van der Waals surface area contributed by atoms with Crippen molar-refractivity contribution < 1.29 is 4.79 Å². The highest BCUT2D eigenvalue weighted by Crippen LogP contribution is 2.37. The molecule has 10 heteroatoms. The molecule has 0 radical (unpaired) electrons. The second kappa shape index (κ2) is 12.0. The van der Waals surface area contributed by atoms with E-state index in [0.717, 1.165) is 50.1 Å². The topological polar surface area (TPSA) is 70.2 Å². The van der Waals surface area contributed by atoms with Gasteiger partial charge in [0.2, 0.25) is 5.95 Å². The number of anilines is 1. The minimum Gasteiger partial charge on any atom is -0.355 e. The Kier molecular flexibility index (Phi) is 9.57. The number of piperidine rings is 1. The third-order valence-electron chi connectivity index (χ3n) is 6.56. The van der Waals surface area contributed by atoms with E-state index in [4.69, 9.17) is 4.98 Å². The molecule has 3 aromatic rings. The monoisotopic (exact) mass is 585 g/mol. The lowest BCUT2D eigenvalue weighted by Crippen LogP contribution is -2.35. The quantitative estimate of drug-likeness (QED) is 0.355. The third-order valence-corrected chi connectivity index (χ3v) is 8.25. The molecule has 0 spiro atoms. The fourth-order valence-corrected chi connectivity index (χ4v) is 6.20. The van der Waals surface area contributed by atoms with Gasteiger partial charge in [-0.1, -0.05) is 6.07 Å². The summed E-state index contributed by atoms with van der Waals surface area (Å²) in [5.41, 5.74) is 1.54. The molecule has 1 aromatic carbocycles. The van der Waals surface area contributed by atoms with E-state index in [2.05, 4.69) is 42.5 Å². The molecule has 2 aromatic heterocycles. The molecule has 0 unspecified atom stereocenters. The normalized spacial score (nSPS) is 16.5. The van der Waals surface area contributed by atoms with Gasteiger partial charge in [0.25, 0.3) is 5.91 Å². The summed E-state index contributed by atoms with van der Waals surface area (Å²) in [7, 11) is 1.66. The number of halogens is 3. The van der Waals surface area contributed by atoms with Crippen molar-refractivity contribution in [2.45, 2.75) is 38.1 Å². The highest BCUT2D eigenvalue weighted by molar-refractivity contribution is 9.10. The van der Waals surface area contributed by atoms with Crippen LogP contribution in [-0.4, -0.2) is 53.5 Å². The number of thiophene rings is 1. The molecule has 1 aliphatic carbocycles. The van der Waals surface area contributed by atoms with Crippen LogP contribution in [0.2, 0.25) is 0 Å². The van der Waals surface area contributed by atoms with E-state index in [1.807, 2.05) is 24.4 Å². The summed E-state index contributed by atoms with van der Waals surface area (Å²) in [5, 5.41) is 7.10. The predicted octanol–water partition coefficient (Wildman–Crippen LogP) is 6.00. The maximum Gasteiger partial charge on any atom is 0.251 e. The number of aromatic nitrogens is 2. The second-order valence-corrected chi connectivity index (χ2v) is 10.7. The Morgan fingerprint density at radius 3 is 2.68 bits per heavy atom. The number of carbonyl (C=O) groups excluding carboxylic acids is 1. The fourth-order valence-electron chi connectivity index (χ4n) is 4.57. The molecule has 184 valence electrons. The molecular formula is C24H30BrCl2N5OS. The first-order chi connectivity index (χ1) is 15.6. The molecule has 3 heterocycles. The van der Waals surface area contributed by atoms with E-state index in [-0.39, 0.29) is 30.7 Å². The van der Waals surface area contributed by atoms with Crippen molar-refractivity contribution in [2.75, 3.05) is 32.0 Å². The van der Waals surface area contributed by atoms with Crippen LogP contribution in [0.1, 0.15) is 42.5 Å². The van der Waals surface area contributed by atoms with E-state index in [0.29, 0.717) is 11.5 Å². The largest absolute Gasteiger partial charge is 0.355 e. The van der Waals surface area contributed by atoms with Gasteiger partial charge in [0.1, 0.15) is 5.69 Å². The molecule has 1 saturated carbocycles. The standard InChI is InChI=1S/C24H28BrN5OS.2ClH/c1-26-23(31)17-3-2-4-20-18(17)13-21(32-20)22-19(25)14-28-24(29-22)27-10-7-15-8-11-30(12-9-15)16-5-6-16;;/h2-4,13-16H,5-12H2,1H3,(H,26,31)(H,27,28,29);2*1H. The van der Waals surface area contributed by atoms with Crippen molar-refractivity contribution in [2.24, 2.45) is 5.92 Å². The van der Waals surface area contributed by atoms with Crippen LogP contribution in [0.5, 0.6) is 0 Å². The molecule has 0 atom stereocenters. The van der Waals surface area contributed by atoms with E-state index in [1.54, 1.807) is 18.4 Å². The zero-order chi connectivity index (χ0) is 22.1. The average Bonchev–Trinajstić information content (AvgIpc) is 3.58. The van der Waals surface area contributed by atoms with Crippen LogP contribution in [0.4, 0.5) is 5.95 Å². The van der Waals surface area contributed by atoms with Crippen molar-refractivity contribution >= 4 is 74.0 Å². The number of carbonyl (C=O) groups is 1. The molecule has 0 bridgehead atoms. The highest BCUT2D eigenvalue weighted by Gasteiger charge is 2.31. The Labute approximate surface area is 225 Å². The Morgan fingerprint density at radius 1 is 1.21 bits per heavy atom. The fraction of sp³-hybridized carbons (Fsp3) is 0.458. The first kappa shape index (κ1) is 27.1. The van der Waals surface area contributed by atoms with Gasteiger partial charge in [0.05, 0.1) is 9.35 Å². The van der Waals surface area contributed by atoms with Crippen molar-refractivity contribution in [3.63, 3.8) is 0 Å². The first-order valence-electron chi connectivity index (χ1n) is 11.4. The van der Waals surface area contributed by atoms with Crippen LogP contribution in [0, 0.1) is 5.92 Å². The number of nitrogens with one attached hydrogen (secondary N) is 2. The number of amides is 1. The van der Waals surface area contributed by atoms with Crippen molar-refractivity contribution in [3.8, 4) is 10.6 Å². The van der Waals surface area contributed by atoms with Gasteiger partial charge in [-0.3, -0.25) is 4.79 Å². The van der Waals surface area contributed by atoms with Crippen LogP contribution in [-0.2, 0) is 0 Å². The van der Waals surface area contributed by atoms with Gasteiger partial charge in [-0.2, -0.15) is 0 Å². The summed E-state index contributed by atoms with van der Waals surface area (Å²) >= 11 is 5.25. The summed E-state index contributed by atoms with van der Waals surface area (Å²) in [6.45, 7) is 3.42. The Morgan fingerprint density at radius 2 is 1.97 bits per heavy atom. The lowest BCUT2D eigenvalue weighted by Gasteiger charge is -2.32. The summed E-state index contributed by atoms with van der Waals surface area (Å²) < 4.78 is 1.92. The SMILES string of the molecule is CNC(=O)c1cccc2sc(-c3nc(NCCC4CCN(C5CC5)CC4)ncc3Br)cc12.Cl.Cl. The highest BCUT2D eigenvalue weighted by atomic mass is 79.9. The molecule has 2 N–H and O–H groups in total. The lowest BCUT2D eigenvalue weighted by molar-refractivity contribution is 0.0964. The van der Waals surface area contributed by atoms with E-state index < -0.39 is 0 Å². The Bertz CT molecular complexity index is 1130. The molecule has 1 saturated heterocycles. The van der Waals surface area contributed by atoms with Gasteiger partial charge in [-0.15, -0.1) is 36.2 Å². The van der Waals surface area contributed by atoms with Gasteiger partial charge in [0, 0.05) is 41.5 Å². The van der Waals surface area contributed by atoms with Crippen molar-refractivity contribution in [3.05, 3.63) is 40.5 Å². The van der Waals surface area contributed by atoms with E-state index >= 15 is 0 Å². The van der Waals surface area contributed by atoms with Crippen LogP contribution in [0.15, 0.2) is 34.9 Å². The summed E-state index contributed by atoms with van der Waals surface area (Å²) in [6.07, 6.45) is 8.39. The zero-order valence-electron chi connectivity index (χ0n) is 19.1. The molecule has 1 aliphatic heterocycles. The maximum atomic E-state index is 12.2. The molecule has 5 rings (SSSR count). The first-order valence-corrected chi connectivity index (χ1v) is 13.0. The summed E-state index contributed by atoms with van der Waals surface area (Å²) in [4.78, 5) is 25.2. The molecule has 1 amide bonds. The molecule has 2 fully saturated rings. The van der Waals surface area contributed by atoms with Crippen LogP contribution < -0.4 is 10.6 Å². The van der Waals surface area contributed by atoms with Crippen LogP contribution >= 0.6 is 52.1 Å². The number of fused-ring (bicyclic) bond motifs is 1. The molecule has 2 aliphatic rings. The smallest absolute Gasteiger partial charge is 0.251 e. The minimum atomic E-state index is -0.0768. The van der Waals surface area contributed by atoms with Gasteiger partial charge in [-0.25, -0.2) is 9.97 Å². The number of nitrogens with zero attached hydrogens (tertiary/aromatic N) is 3. The summed E-state index contributed by atoms with van der Waals surface area (Å²) in [5.74, 6) is 1.37. The van der Waals surface area contributed by atoms with Gasteiger partial charge < -0.3 is 15.5 Å². The second-order valence-electron chi connectivity index (χ2n) is 8.72. The number of hydrogen-bond donors (Lipinski definition) is 2. The average molecular weight is 587 g/mol. The molecule has 34 heavy (non-hydrogen) atoms. The Balaban J connectivity index is 0.00000162. The van der Waals surface area contributed by atoms with Gasteiger partial charge in [-0.05, 0) is 85.2 Å². The van der Waals surface area contributed by atoms with E-state index in [9.17, 15) is 4.79 Å². The van der Waals surface area contributed by atoms with Crippen LogP contribution in [0.25, 0.3) is 20.7 Å². The Hall–Kier alpha value is -1.45. The van der Waals surface area contributed by atoms with E-state index in [1.165, 1.54) is 38.8 Å². The number of likely N-dealkylation sites (tertiary alicyclic amines) is 1.